The Hall–Kier alpha value is -3.90. The van der Waals surface area contributed by atoms with Gasteiger partial charge < -0.3 is 5.73 Å². The van der Waals surface area contributed by atoms with Gasteiger partial charge in [-0.05, 0) is 48.5 Å². The average molecular weight is 416 g/mol. The zero-order chi connectivity index (χ0) is 20.9. The summed E-state index contributed by atoms with van der Waals surface area (Å²) in [6.07, 6.45) is 3.43. The van der Waals surface area contributed by atoms with E-state index in [2.05, 4.69) is 10.5 Å². The third-order valence-electron chi connectivity index (χ3n) is 4.42. The second-order valence-electron chi connectivity index (χ2n) is 6.54. The van der Waals surface area contributed by atoms with E-state index in [0.717, 1.165) is 22.5 Å². The molecule has 1 amide bonds. The first-order valence-corrected chi connectivity index (χ1v) is 9.58. The number of hydrogen-bond donors (Lipinski definition) is 2. The van der Waals surface area contributed by atoms with Gasteiger partial charge in [0.15, 0.2) is 0 Å². The SMILES string of the molecule is Nc1ccc(C(=O)N/N=C\c2cn(-c3ccccc3)nc2-c2ccc(Cl)cc2)cc1. The number of nitrogens with one attached hydrogen (secondary N) is 1. The number of carbonyl (C=O) groups excluding carboxylic acids is 1. The normalized spacial score (nSPS) is 11.0. The molecule has 0 saturated carbocycles. The molecule has 1 heterocycles. The zero-order valence-corrected chi connectivity index (χ0v) is 16.6. The number of aromatic nitrogens is 2. The molecule has 0 atom stereocenters. The average Bonchev–Trinajstić information content (AvgIpc) is 3.19. The molecule has 1 aromatic heterocycles. The van der Waals surface area contributed by atoms with Crippen molar-refractivity contribution in [3.05, 3.63) is 101 Å². The number of amides is 1. The molecule has 4 aromatic rings. The number of hydrogen-bond acceptors (Lipinski definition) is 4. The van der Waals surface area contributed by atoms with Crippen LogP contribution < -0.4 is 11.2 Å². The molecule has 30 heavy (non-hydrogen) atoms. The molecule has 0 aliphatic heterocycles. The summed E-state index contributed by atoms with van der Waals surface area (Å²) in [6, 6.07) is 23.8. The lowest BCUT2D eigenvalue weighted by atomic mass is 10.1. The molecule has 3 N–H and O–H groups in total. The standard InChI is InChI=1S/C23H18ClN5O/c24-19-10-6-16(7-11-19)22-18(15-29(28-22)21-4-2-1-3-5-21)14-26-27-23(30)17-8-12-20(25)13-9-17/h1-15H,25H2,(H,27,30)/b26-14-. The Kier molecular flexibility index (Phi) is 5.59. The fraction of sp³-hybridized carbons (Fsp3) is 0. The van der Waals surface area contributed by atoms with Gasteiger partial charge in [-0.25, -0.2) is 10.1 Å². The highest BCUT2D eigenvalue weighted by atomic mass is 35.5. The Labute approximate surface area is 178 Å². The zero-order valence-electron chi connectivity index (χ0n) is 15.9. The molecule has 0 fully saturated rings. The van der Waals surface area contributed by atoms with E-state index >= 15 is 0 Å². The van der Waals surface area contributed by atoms with Crippen LogP contribution in [0.1, 0.15) is 15.9 Å². The molecule has 0 aliphatic carbocycles. The number of hydrazone groups is 1. The van der Waals surface area contributed by atoms with Crippen LogP contribution in [0.15, 0.2) is 90.2 Å². The molecule has 3 aromatic carbocycles. The number of para-hydroxylation sites is 1. The summed E-state index contributed by atoms with van der Waals surface area (Å²) in [6.45, 7) is 0. The van der Waals surface area contributed by atoms with Gasteiger partial charge in [-0.15, -0.1) is 0 Å². The van der Waals surface area contributed by atoms with E-state index in [1.54, 1.807) is 35.2 Å². The van der Waals surface area contributed by atoms with Crippen molar-refractivity contribution in [1.29, 1.82) is 0 Å². The maximum Gasteiger partial charge on any atom is 0.271 e. The van der Waals surface area contributed by atoms with Crippen LogP contribution in [0.2, 0.25) is 5.02 Å². The number of nitrogens with two attached hydrogens (primary N) is 1. The van der Waals surface area contributed by atoms with Crippen LogP contribution in [0, 0.1) is 0 Å². The summed E-state index contributed by atoms with van der Waals surface area (Å²) in [7, 11) is 0. The number of carbonyl (C=O) groups is 1. The monoisotopic (exact) mass is 415 g/mol. The minimum absolute atomic E-state index is 0.324. The maximum absolute atomic E-state index is 12.3. The van der Waals surface area contributed by atoms with E-state index in [9.17, 15) is 4.79 Å². The summed E-state index contributed by atoms with van der Waals surface area (Å²) in [5.41, 5.74) is 12.5. The largest absolute Gasteiger partial charge is 0.399 e. The second-order valence-corrected chi connectivity index (χ2v) is 6.98. The first kappa shape index (κ1) is 19.4. The van der Waals surface area contributed by atoms with Gasteiger partial charge in [0.05, 0.1) is 11.9 Å². The van der Waals surface area contributed by atoms with Crippen LogP contribution in [0.25, 0.3) is 16.9 Å². The van der Waals surface area contributed by atoms with Gasteiger partial charge in [0.1, 0.15) is 5.69 Å². The van der Waals surface area contributed by atoms with Crippen molar-refractivity contribution in [2.45, 2.75) is 0 Å². The van der Waals surface area contributed by atoms with E-state index in [4.69, 9.17) is 22.4 Å². The smallest absolute Gasteiger partial charge is 0.271 e. The second kappa shape index (κ2) is 8.63. The molecule has 4 rings (SSSR count). The molecule has 0 saturated heterocycles. The fourth-order valence-electron chi connectivity index (χ4n) is 2.89. The van der Waals surface area contributed by atoms with Crippen LogP contribution >= 0.6 is 11.6 Å². The van der Waals surface area contributed by atoms with Crippen LogP contribution in [-0.2, 0) is 0 Å². The number of anilines is 1. The molecule has 0 spiro atoms. The van der Waals surface area contributed by atoms with Gasteiger partial charge in [0, 0.05) is 33.6 Å². The summed E-state index contributed by atoms with van der Waals surface area (Å²) >= 11 is 6.02. The van der Waals surface area contributed by atoms with Crippen molar-refractivity contribution in [3.63, 3.8) is 0 Å². The Balaban J connectivity index is 1.63. The van der Waals surface area contributed by atoms with E-state index in [-0.39, 0.29) is 5.91 Å². The Morgan fingerprint density at radius 2 is 1.70 bits per heavy atom. The lowest BCUT2D eigenvalue weighted by Gasteiger charge is -2.01. The minimum atomic E-state index is -0.324. The quantitative estimate of drug-likeness (QED) is 0.285. The van der Waals surface area contributed by atoms with E-state index in [0.29, 0.717) is 16.3 Å². The first-order valence-electron chi connectivity index (χ1n) is 9.20. The van der Waals surface area contributed by atoms with Crippen molar-refractivity contribution in [2.75, 3.05) is 5.73 Å². The van der Waals surface area contributed by atoms with E-state index in [1.165, 1.54) is 0 Å². The Bertz CT molecular complexity index is 1180. The highest BCUT2D eigenvalue weighted by Crippen LogP contribution is 2.24. The predicted octanol–water partition coefficient (Wildman–Crippen LogP) is 4.54. The van der Waals surface area contributed by atoms with E-state index in [1.807, 2.05) is 60.8 Å². The van der Waals surface area contributed by atoms with Crippen molar-refractivity contribution < 1.29 is 4.79 Å². The highest BCUT2D eigenvalue weighted by Gasteiger charge is 2.11. The molecule has 0 bridgehead atoms. The number of rotatable bonds is 5. The van der Waals surface area contributed by atoms with Gasteiger partial charge in [0.2, 0.25) is 0 Å². The predicted molar refractivity (Wildman–Crippen MR) is 120 cm³/mol. The minimum Gasteiger partial charge on any atom is -0.399 e. The topological polar surface area (TPSA) is 85.3 Å². The summed E-state index contributed by atoms with van der Waals surface area (Å²) in [5, 5.41) is 9.46. The van der Waals surface area contributed by atoms with Gasteiger partial charge in [-0.2, -0.15) is 10.2 Å². The van der Waals surface area contributed by atoms with Gasteiger partial charge in [0.25, 0.3) is 5.91 Å². The van der Waals surface area contributed by atoms with Crippen LogP contribution in [-0.4, -0.2) is 21.9 Å². The van der Waals surface area contributed by atoms with Gasteiger partial charge in [-0.1, -0.05) is 41.9 Å². The molecular weight excluding hydrogens is 398 g/mol. The first-order chi connectivity index (χ1) is 14.6. The Morgan fingerprint density at radius 1 is 1.00 bits per heavy atom. The number of nitrogen functional groups attached to an aromatic ring is 1. The third-order valence-corrected chi connectivity index (χ3v) is 4.68. The molecule has 148 valence electrons. The Morgan fingerprint density at radius 3 is 2.40 bits per heavy atom. The molecule has 6 nitrogen and oxygen atoms in total. The van der Waals surface area contributed by atoms with Crippen LogP contribution in [0.4, 0.5) is 5.69 Å². The summed E-state index contributed by atoms with van der Waals surface area (Å²) in [4.78, 5) is 12.3. The fourth-order valence-corrected chi connectivity index (χ4v) is 3.01. The maximum atomic E-state index is 12.3. The molecule has 0 aliphatic rings. The molecule has 0 radical (unpaired) electrons. The highest BCUT2D eigenvalue weighted by molar-refractivity contribution is 6.30. The molecule has 7 heteroatoms. The van der Waals surface area contributed by atoms with Crippen molar-refractivity contribution >= 4 is 29.4 Å². The lowest BCUT2D eigenvalue weighted by Crippen LogP contribution is -2.17. The summed E-state index contributed by atoms with van der Waals surface area (Å²) < 4.78 is 1.77. The number of halogens is 1. The van der Waals surface area contributed by atoms with Crippen molar-refractivity contribution in [1.82, 2.24) is 15.2 Å². The number of nitrogens with zero attached hydrogens (tertiary/aromatic N) is 3. The number of benzene rings is 3. The third kappa shape index (κ3) is 4.39. The van der Waals surface area contributed by atoms with Crippen LogP contribution in [0.5, 0.6) is 0 Å². The lowest BCUT2D eigenvalue weighted by molar-refractivity contribution is 0.0955. The van der Waals surface area contributed by atoms with Crippen molar-refractivity contribution in [2.24, 2.45) is 5.10 Å². The molecule has 0 unspecified atom stereocenters. The van der Waals surface area contributed by atoms with Crippen LogP contribution in [0.3, 0.4) is 0 Å². The molecular formula is C23H18ClN5O. The van der Waals surface area contributed by atoms with Crippen molar-refractivity contribution in [3.8, 4) is 16.9 Å². The van der Waals surface area contributed by atoms with E-state index < -0.39 is 0 Å². The van der Waals surface area contributed by atoms with Gasteiger partial charge in [-0.3, -0.25) is 4.79 Å². The van der Waals surface area contributed by atoms with Gasteiger partial charge >= 0.3 is 0 Å². The summed E-state index contributed by atoms with van der Waals surface area (Å²) in [5.74, 6) is -0.324.